The van der Waals surface area contributed by atoms with E-state index in [2.05, 4.69) is 39.9 Å². The molecule has 72 valence electrons. The standard InChI is InChI=1S/C11H23N/c1-10(2,3)8-9-6-7-12-11(9,4)5/h9,12H,6-8H2,1-5H3. The van der Waals surface area contributed by atoms with Gasteiger partial charge in [0, 0.05) is 5.54 Å². The van der Waals surface area contributed by atoms with Crippen molar-refractivity contribution in [2.75, 3.05) is 6.54 Å². The highest BCUT2D eigenvalue weighted by molar-refractivity contribution is 4.93. The smallest absolute Gasteiger partial charge is 0.0153 e. The maximum absolute atomic E-state index is 3.57. The molecule has 0 saturated carbocycles. The Morgan fingerprint density at radius 3 is 2.25 bits per heavy atom. The highest BCUT2D eigenvalue weighted by Crippen LogP contribution is 2.35. The van der Waals surface area contributed by atoms with Crippen LogP contribution in [-0.4, -0.2) is 12.1 Å². The van der Waals surface area contributed by atoms with Crippen molar-refractivity contribution in [3.63, 3.8) is 0 Å². The summed E-state index contributed by atoms with van der Waals surface area (Å²) in [4.78, 5) is 0. The van der Waals surface area contributed by atoms with Crippen LogP contribution in [0, 0.1) is 11.3 Å². The first-order valence-corrected chi connectivity index (χ1v) is 5.06. The van der Waals surface area contributed by atoms with Crippen LogP contribution in [0.4, 0.5) is 0 Å². The molecule has 1 saturated heterocycles. The molecule has 1 aliphatic rings. The molecule has 0 aliphatic carbocycles. The zero-order valence-electron chi connectivity index (χ0n) is 9.20. The molecule has 0 aromatic heterocycles. The number of hydrogen-bond donors (Lipinski definition) is 1. The van der Waals surface area contributed by atoms with Crippen LogP contribution in [0.15, 0.2) is 0 Å². The lowest BCUT2D eigenvalue weighted by Gasteiger charge is -2.32. The summed E-state index contributed by atoms with van der Waals surface area (Å²) in [7, 11) is 0. The van der Waals surface area contributed by atoms with Gasteiger partial charge in [0.1, 0.15) is 0 Å². The summed E-state index contributed by atoms with van der Waals surface area (Å²) < 4.78 is 0. The SMILES string of the molecule is CC(C)(C)CC1CCNC1(C)C. The van der Waals surface area contributed by atoms with Crippen LogP contribution in [-0.2, 0) is 0 Å². The molecule has 1 rings (SSSR count). The Morgan fingerprint density at radius 1 is 1.33 bits per heavy atom. The Labute approximate surface area is 76.9 Å². The second kappa shape index (κ2) is 3.02. The van der Waals surface area contributed by atoms with E-state index in [4.69, 9.17) is 0 Å². The molecular weight excluding hydrogens is 146 g/mol. The van der Waals surface area contributed by atoms with Crippen molar-refractivity contribution in [1.82, 2.24) is 5.32 Å². The van der Waals surface area contributed by atoms with Crippen molar-refractivity contribution >= 4 is 0 Å². The van der Waals surface area contributed by atoms with E-state index in [1.807, 2.05) is 0 Å². The van der Waals surface area contributed by atoms with Crippen molar-refractivity contribution in [1.29, 1.82) is 0 Å². The molecule has 0 amide bonds. The fourth-order valence-corrected chi connectivity index (χ4v) is 2.17. The van der Waals surface area contributed by atoms with E-state index in [1.54, 1.807) is 0 Å². The molecule has 1 heterocycles. The molecule has 0 radical (unpaired) electrons. The minimum Gasteiger partial charge on any atom is -0.312 e. The van der Waals surface area contributed by atoms with Gasteiger partial charge in [-0.3, -0.25) is 0 Å². The van der Waals surface area contributed by atoms with E-state index in [0.29, 0.717) is 11.0 Å². The monoisotopic (exact) mass is 169 g/mol. The van der Waals surface area contributed by atoms with Crippen LogP contribution in [0.25, 0.3) is 0 Å². The molecule has 1 unspecified atom stereocenters. The minimum atomic E-state index is 0.368. The minimum absolute atomic E-state index is 0.368. The molecule has 1 fully saturated rings. The molecule has 1 aliphatic heterocycles. The Hall–Kier alpha value is -0.0400. The van der Waals surface area contributed by atoms with Gasteiger partial charge in [0.2, 0.25) is 0 Å². The van der Waals surface area contributed by atoms with Crippen LogP contribution >= 0.6 is 0 Å². The molecule has 1 N–H and O–H groups in total. The van der Waals surface area contributed by atoms with E-state index in [-0.39, 0.29) is 0 Å². The summed E-state index contributed by atoms with van der Waals surface area (Å²) in [6.07, 6.45) is 2.69. The fourth-order valence-electron chi connectivity index (χ4n) is 2.17. The maximum atomic E-state index is 3.57. The first-order valence-electron chi connectivity index (χ1n) is 5.06. The van der Waals surface area contributed by atoms with Gasteiger partial charge in [-0.25, -0.2) is 0 Å². The molecular formula is C11H23N. The molecule has 1 heteroatoms. The lowest BCUT2D eigenvalue weighted by atomic mass is 9.77. The average molecular weight is 169 g/mol. The van der Waals surface area contributed by atoms with Gasteiger partial charge in [0.05, 0.1) is 0 Å². The molecule has 0 aromatic carbocycles. The van der Waals surface area contributed by atoms with Crippen molar-refractivity contribution in [3.05, 3.63) is 0 Å². The van der Waals surface area contributed by atoms with Gasteiger partial charge < -0.3 is 5.32 Å². The molecule has 12 heavy (non-hydrogen) atoms. The van der Waals surface area contributed by atoms with E-state index in [1.165, 1.54) is 19.4 Å². The second-order valence-electron chi connectivity index (χ2n) is 5.90. The Morgan fingerprint density at radius 2 is 1.92 bits per heavy atom. The van der Waals surface area contributed by atoms with Crippen LogP contribution in [0.1, 0.15) is 47.5 Å². The van der Waals surface area contributed by atoms with Gasteiger partial charge in [0.25, 0.3) is 0 Å². The fraction of sp³-hybridized carbons (Fsp3) is 1.00. The normalized spacial score (nSPS) is 29.2. The summed E-state index contributed by atoms with van der Waals surface area (Å²) in [6, 6.07) is 0. The van der Waals surface area contributed by atoms with Crippen molar-refractivity contribution in [2.24, 2.45) is 11.3 Å². The molecule has 0 bridgehead atoms. The van der Waals surface area contributed by atoms with Crippen molar-refractivity contribution in [3.8, 4) is 0 Å². The van der Waals surface area contributed by atoms with E-state index < -0.39 is 0 Å². The average Bonchev–Trinajstić information content (AvgIpc) is 2.07. The summed E-state index contributed by atoms with van der Waals surface area (Å²) in [6.45, 7) is 12.9. The molecule has 1 atom stereocenters. The first-order chi connectivity index (χ1) is 5.31. The molecule has 0 spiro atoms. The third kappa shape index (κ3) is 2.48. The van der Waals surface area contributed by atoms with Crippen LogP contribution in [0.2, 0.25) is 0 Å². The number of hydrogen-bond acceptors (Lipinski definition) is 1. The van der Waals surface area contributed by atoms with Gasteiger partial charge in [-0.05, 0) is 44.6 Å². The predicted octanol–water partition coefficient (Wildman–Crippen LogP) is 2.81. The van der Waals surface area contributed by atoms with Gasteiger partial charge in [-0.15, -0.1) is 0 Å². The summed E-state index contributed by atoms with van der Waals surface area (Å²) in [5, 5.41) is 3.57. The maximum Gasteiger partial charge on any atom is 0.0153 e. The third-order valence-electron chi connectivity index (χ3n) is 2.95. The lowest BCUT2D eigenvalue weighted by molar-refractivity contribution is 0.228. The largest absolute Gasteiger partial charge is 0.312 e. The van der Waals surface area contributed by atoms with E-state index in [9.17, 15) is 0 Å². The van der Waals surface area contributed by atoms with Crippen LogP contribution in [0.3, 0.4) is 0 Å². The number of nitrogens with one attached hydrogen (secondary N) is 1. The van der Waals surface area contributed by atoms with Crippen LogP contribution in [0.5, 0.6) is 0 Å². The Balaban J connectivity index is 2.53. The highest BCUT2D eigenvalue weighted by atomic mass is 15.0. The second-order valence-corrected chi connectivity index (χ2v) is 5.90. The zero-order valence-corrected chi connectivity index (χ0v) is 9.20. The highest BCUT2D eigenvalue weighted by Gasteiger charge is 2.35. The Kier molecular flexibility index (Phi) is 2.53. The lowest BCUT2D eigenvalue weighted by Crippen LogP contribution is -2.39. The van der Waals surface area contributed by atoms with E-state index in [0.717, 1.165) is 5.92 Å². The summed E-state index contributed by atoms with van der Waals surface area (Å²) in [5.74, 6) is 0.859. The summed E-state index contributed by atoms with van der Waals surface area (Å²) >= 11 is 0. The quantitative estimate of drug-likeness (QED) is 0.636. The van der Waals surface area contributed by atoms with Gasteiger partial charge in [-0.1, -0.05) is 20.8 Å². The predicted molar refractivity (Wildman–Crippen MR) is 54.3 cm³/mol. The topological polar surface area (TPSA) is 12.0 Å². The van der Waals surface area contributed by atoms with Gasteiger partial charge in [-0.2, -0.15) is 0 Å². The zero-order chi connectivity index (χ0) is 9.41. The van der Waals surface area contributed by atoms with E-state index >= 15 is 0 Å². The number of rotatable bonds is 1. The van der Waals surface area contributed by atoms with Gasteiger partial charge in [0.15, 0.2) is 0 Å². The summed E-state index contributed by atoms with van der Waals surface area (Å²) in [5.41, 5.74) is 0.848. The van der Waals surface area contributed by atoms with Crippen molar-refractivity contribution < 1.29 is 0 Å². The van der Waals surface area contributed by atoms with Crippen LogP contribution < -0.4 is 5.32 Å². The molecule has 1 nitrogen and oxygen atoms in total. The third-order valence-corrected chi connectivity index (χ3v) is 2.95. The van der Waals surface area contributed by atoms with Crippen molar-refractivity contribution in [2.45, 2.75) is 53.0 Å². The first kappa shape index (κ1) is 10.0. The van der Waals surface area contributed by atoms with Gasteiger partial charge >= 0.3 is 0 Å². The Bertz CT molecular complexity index is 153. The molecule has 0 aromatic rings.